The van der Waals surface area contributed by atoms with Gasteiger partial charge in [-0.2, -0.15) is 0 Å². The van der Waals surface area contributed by atoms with Crippen LogP contribution in [0.5, 0.6) is 0 Å². The van der Waals surface area contributed by atoms with Crippen LogP contribution in [0.3, 0.4) is 0 Å². The summed E-state index contributed by atoms with van der Waals surface area (Å²) in [6.07, 6.45) is 5.19. The highest BCUT2D eigenvalue weighted by Gasteiger charge is 2.34. The summed E-state index contributed by atoms with van der Waals surface area (Å²) in [6, 6.07) is 10.2. The zero-order chi connectivity index (χ0) is 22.3. The van der Waals surface area contributed by atoms with Crippen molar-refractivity contribution in [1.29, 1.82) is 0 Å². The van der Waals surface area contributed by atoms with Gasteiger partial charge < -0.3 is 23.7 Å². The number of rotatable bonds is 9. The minimum absolute atomic E-state index is 0.0297. The molecule has 1 aromatic heterocycles. The maximum absolute atomic E-state index is 10.4. The molecular weight excluding hydrogens is 430 g/mol. The largest absolute Gasteiger partial charge is 0.447 e. The Balaban J connectivity index is 1.25. The van der Waals surface area contributed by atoms with Gasteiger partial charge in [-0.3, -0.25) is 0 Å². The number of benzene rings is 1. The van der Waals surface area contributed by atoms with Crippen LogP contribution in [0.15, 0.2) is 53.2 Å². The monoisotopic (exact) mass is 461 g/mol. The number of halogens is 1. The molecule has 0 unspecified atom stereocenters. The molecule has 7 heteroatoms. The average molecular weight is 462 g/mol. The van der Waals surface area contributed by atoms with Crippen LogP contribution in [-0.2, 0) is 26.7 Å². The van der Waals surface area contributed by atoms with Crippen LogP contribution in [0.2, 0.25) is 0 Å². The molecule has 0 radical (unpaired) electrons. The SMILES string of the molecule is C=C1C[C@H](C[C@@H]2C[C@@H](O)C[C@H](c3coc(CCl)n3)O2)O[C@@H](CCOCc2ccccc2)C1. The van der Waals surface area contributed by atoms with Gasteiger partial charge in [0.25, 0.3) is 0 Å². The highest BCUT2D eigenvalue weighted by molar-refractivity contribution is 6.16. The molecule has 1 aromatic carbocycles. The number of ether oxygens (including phenoxy) is 3. The van der Waals surface area contributed by atoms with Gasteiger partial charge in [0.1, 0.15) is 18.1 Å². The fourth-order valence-corrected chi connectivity index (χ4v) is 4.67. The Morgan fingerprint density at radius 3 is 2.69 bits per heavy atom. The molecule has 2 aliphatic heterocycles. The zero-order valence-corrected chi connectivity index (χ0v) is 19.1. The zero-order valence-electron chi connectivity index (χ0n) is 18.3. The maximum Gasteiger partial charge on any atom is 0.209 e. The van der Waals surface area contributed by atoms with Gasteiger partial charge in [-0.15, -0.1) is 11.6 Å². The Morgan fingerprint density at radius 2 is 1.91 bits per heavy atom. The fraction of sp³-hybridized carbons (Fsp3) is 0.560. The molecule has 174 valence electrons. The van der Waals surface area contributed by atoms with E-state index in [4.69, 9.17) is 30.2 Å². The first-order valence-corrected chi connectivity index (χ1v) is 11.9. The average Bonchev–Trinajstić information content (AvgIpc) is 3.26. The smallest absolute Gasteiger partial charge is 0.209 e. The standard InChI is InChI=1S/C25H32ClNO5/c1-17-9-20(7-8-29-15-18-5-3-2-4-6-18)31-21(10-17)13-22-11-19(28)12-24(32-22)23-16-30-25(14-26)27-23/h2-6,16,19-22,24,28H,1,7-15H2/t19-,20+,21-,22+,24-/m1/s1. The second kappa shape index (κ2) is 11.4. The molecule has 2 aromatic rings. The lowest BCUT2D eigenvalue weighted by molar-refractivity contribution is -0.129. The topological polar surface area (TPSA) is 74.0 Å². The molecule has 6 nitrogen and oxygen atoms in total. The number of hydrogen-bond acceptors (Lipinski definition) is 6. The lowest BCUT2D eigenvalue weighted by Crippen LogP contribution is -2.37. The lowest BCUT2D eigenvalue weighted by atomic mass is 9.91. The summed E-state index contributed by atoms with van der Waals surface area (Å²) in [7, 11) is 0. The quantitative estimate of drug-likeness (QED) is 0.318. The number of nitrogens with zero attached hydrogens (tertiary/aromatic N) is 1. The van der Waals surface area contributed by atoms with Gasteiger partial charge >= 0.3 is 0 Å². The van der Waals surface area contributed by atoms with E-state index in [-0.39, 0.29) is 30.3 Å². The van der Waals surface area contributed by atoms with E-state index in [1.165, 1.54) is 11.1 Å². The van der Waals surface area contributed by atoms with Gasteiger partial charge in [-0.05, 0) is 31.2 Å². The summed E-state index contributed by atoms with van der Waals surface area (Å²) in [5.41, 5.74) is 3.06. The van der Waals surface area contributed by atoms with Crippen molar-refractivity contribution in [1.82, 2.24) is 4.98 Å². The van der Waals surface area contributed by atoms with Gasteiger partial charge in [-0.1, -0.05) is 42.5 Å². The second-order valence-electron chi connectivity index (χ2n) is 8.77. The summed E-state index contributed by atoms with van der Waals surface area (Å²) in [5, 5.41) is 10.4. The van der Waals surface area contributed by atoms with Crippen LogP contribution in [0, 0.1) is 0 Å². The predicted molar refractivity (Wildman–Crippen MR) is 121 cm³/mol. The number of aromatic nitrogens is 1. The van der Waals surface area contributed by atoms with Gasteiger partial charge in [0.2, 0.25) is 5.89 Å². The predicted octanol–water partition coefficient (Wildman–Crippen LogP) is 5.10. The summed E-state index contributed by atoms with van der Waals surface area (Å²) in [6.45, 7) is 5.49. The highest BCUT2D eigenvalue weighted by atomic mass is 35.5. The Morgan fingerprint density at radius 1 is 1.09 bits per heavy atom. The Bertz CT molecular complexity index is 857. The molecule has 0 bridgehead atoms. The van der Waals surface area contributed by atoms with Crippen molar-refractivity contribution in [3.8, 4) is 0 Å². The van der Waals surface area contributed by atoms with E-state index in [1.54, 1.807) is 6.26 Å². The van der Waals surface area contributed by atoms with E-state index < -0.39 is 6.10 Å². The van der Waals surface area contributed by atoms with Gasteiger partial charge in [0.15, 0.2) is 0 Å². The fourth-order valence-electron chi connectivity index (χ4n) is 4.54. The van der Waals surface area contributed by atoms with Crippen molar-refractivity contribution < 1.29 is 23.7 Å². The van der Waals surface area contributed by atoms with Crippen LogP contribution in [-0.4, -0.2) is 41.1 Å². The minimum Gasteiger partial charge on any atom is -0.447 e. The Labute approximate surface area is 194 Å². The molecule has 2 saturated heterocycles. The van der Waals surface area contributed by atoms with Gasteiger partial charge in [0, 0.05) is 19.4 Å². The molecule has 2 aliphatic rings. The van der Waals surface area contributed by atoms with E-state index >= 15 is 0 Å². The normalized spacial score (nSPS) is 28.7. The van der Waals surface area contributed by atoms with Crippen LogP contribution < -0.4 is 0 Å². The molecule has 0 amide bonds. The van der Waals surface area contributed by atoms with E-state index in [1.807, 2.05) is 18.2 Å². The first kappa shape index (κ1) is 23.5. The van der Waals surface area contributed by atoms with Crippen LogP contribution >= 0.6 is 11.6 Å². The molecule has 0 spiro atoms. The molecule has 0 saturated carbocycles. The van der Waals surface area contributed by atoms with E-state index in [9.17, 15) is 5.11 Å². The molecular formula is C25H32ClNO5. The molecule has 5 atom stereocenters. The van der Waals surface area contributed by atoms with Gasteiger partial charge in [-0.25, -0.2) is 4.98 Å². The molecule has 2 fully saturated rings. The summed E-state index contributed by atoms with van der Waals surface area (Å²) >= 11 is 5.79. The van der Waals surface area contributed by atoms with Crippen molar-refractivity contribution >= 4 is 11.6 Å². The number of alkyl halides is 1. The highest BCUT2D eigenvalue weighted by Crippen LogP contribution is 2.35. The molecule has 1 N–H and O–H groups in total. The third-order valence-corrected chi connectivity index (χ3v) is 6.26. The summed E-state index contributed by atoms with van der Waals surface area (Å²) < 4.78 is 23.8. The van der Waals surface area contributed by atoms with Crippen molar-refractivity contribution in [2.45, 2.75) is 81.5 Å². The van der Waals surface area contributed by atoms with Crippen molar-refractivity contribution in [2.75, 3.05) is 6.61 Å². The molecule has 4 rings (SSSR count). The van der Waals surface area contributed by atoms with Crippen LogP contribution in [0.1, 0.15) is 61.8 Å². The van der Waals surface area contributed by atoms with Gasteiger partial charge in [0.05, 0.1) is 36.9 Å². The molecule has 3 heterocycles. The number of aliphatic hydroxyl groups is 1. The third-order valence-electron chi connectivity index (χ3n) is 6.03. The lowest BCUT2D eigenvalue weighted by Gasteiger charge is -2.37. The van der Waals surface area contributed by atoms with Crippen molar-refractivity contribution in [3.63, 3.8) is 0 Å². The number of oxazole rings is 1. The van der Waals surface area contributed by atoms with E-state index in [2.05, 4.69) is 23.7 Å². The third kappa shape index (κ3) is 6.65. The molecule has 32 heavy (non-hydrogen) atoms. The van der Waals surface area contributed by atoms with E-state index in [0.717, 1.165) is 19.3 Å². The summed E-state index contributed by atoms with van der Waals surface area (Å²) in [4.78, 5) is 4.36. The van der Waals surface area contributed by atoms with E-state index in [0.29, 0.717) is 44.1 Å². The van der Waals surface area contributed by atoms with Crippen LogP contribution in [0.25, 0.3) is 0 Å². The van der Waals surface area contributed by atoms with Crippen molar-refractivity contribution in [3.05, 3.63) is 65.9 Å². The molecule has 0 aliphatic carbocycles. The van der Waals surface area contributed by atoms with Crippen LogP contribution in [0.4, 0.5) is 0 Å². The Kier molecular flexibility index (Phi) is 8.38. The second-order valence-corrected chi connectivity index (χ2v) is 9.04. The van der Waals surface area contributed by atoms with Crippen molar-refractivity contribution in [2.24, 2.45) is 0 Å². The summed E-state index contributed by atoms with van der Waals surface area (Å²) in [5.74, 6) is 0.679. The number of hydrogen-bond donors (Lipinski definition) is 1. The first-order chi connectivity index (χ1) is 15.6. The minimum atomic E-state index is -0.441. The number of aliphatic hydroxyl groups excluding tert-OH is 1. The maximum atomic E-state index is 10.4. The first-order valence-electron chi connectivity index (χ1n) is 11.4. The Hall–Kier alpha value is -1.70.